The smallest absolute Gasteiger partial charge is 0.243 e. The molecule has 0 bridgehead atoms. The molecule has 1 aliphatic rings. The average molecular weight is 338 g/mol. The SMILES string of the molecule is CCc1onc(C)c1[C@@H]1CCCN1S(=O)(=O)c1ccc(F)cc1. The van der Waals surface area contributed by atoms with Crippen LogP contribution in [0.15, 0.2) is 33.7 Å². The van der Waals surface area contributed by atoms with Crippen LogP contribution >= 0.6 is 0 Å². The molecule has 1 aromatic carbocycles. The molecule has 0 saturated carbocycles. The fraction of sp³-hybridized carbons (Fsp3) is 0.438. The summed E-state index contributed by atoms with van der Waals surface area (Å²) in [6.45, 7) is 4.23. The standard InChI is InChI=1S/C16H19FN2O3S/c1-3-15-16(11(2)18-22-15)14-5-4-10-19(14)23(20,21)13-8-6-12(17)7-9-13/h6-9,14H,3-5,10H2,1-2H3/t14-/m0/s1. The van der Waals surface area contributed by atoms with Crippen molar-refractivity contribution >= 4 is 10.0 Å². The molecule has 0 aliphatic carbocycles. The summed E-state index contributed by atoms with van der Waals surface area (Å²) >= 11 is 0. The molecule has 7 heteroatoms. The second kappa shape index (κ2) is 6.05. The number of aromatic nitrogens is 1. The van der Waals surface area contributed by atoms with E-state index in [1.54, 1.807) is 0 Å². The first-order valence-corrected chi connectivity index (χ1v) is 9.11. The Hall–Kier alpha value is -1.73. The van der Waals surface area contributed by atoms with Crippen LogP contribution in [0.2, 0.25) is 0 Å². The van der Waals surface area contributed by atoms with Gasteiger partial charge in [0, 0.05) is 18.5 Å². The Morgan fingerprint density at radius 1 is 1.35 bits per heavy atom. The van der Waals surface area contributed by atoms with Crippen molar-refractivity contribution in [2.75, 3.05) is 6.54 Å². The molecule has 0 unspecified atom stereocenters. The third-order valence-corrected chi connectivity index (χ3v) is 6.18. The van der Waals surface area contributed by atoms with Crippen LogP contribution in [0.3, 0.4) is 0 Å². The number of sulfonamides is 1. The van der Waals surface area contributed by atoms with Gasteiger partial charge in [-0.25, -0.2) is 12.8 Å². The van der Waals surface area contributed by atoms with Crippen molar-refractivity contribution in [2.24, 2.45) is 0 Å². The lowest BCUT2D eigenvalue weighted by molar-refractivity contribution is 0.368. The predicted octanol–water partition coefficient (Wildman–Crippen LogP) is 3.21. The molecule has 1 saturated heterocycles. The molecule has 1 fully saturated rings. The Kier molecular flexibility index (Phi) is 4.25. The number of rotatable bonds is 4. The molecule has 2 aromatic rings. The van der Waals surface area contributed by atoms with Gasteiger partial charge < -0.3 is 4.52 Å². The summed E-state index contributed by atoms with van der Waals surface area (Å²) < 4.78 is 45.7. The van der Waals surface area contributed by atoms with E-state index >= 15 is 0 Å². The molecule has 0 N–H and O–H groups in total. The van der Waals surface area contributed by atoms with E-state index in [1.807, 2.05) is 13.8 Å². The van der Waals surface area contributed by atoms with Crippen LogP contribution in [0.4, 0.5) is 4.39 Å². The summed E-state index contributed by atoms with van der Waals surface area (Å²) in [5.74, 6) is 0.277. The van der Waals surface area contributed by atoms with E-state index in [-0.39, 0.29) is 10.9 Å². The Balaban J connectivity index is 2.01. The summed E-state index contributed by atoms with van der Waals surface area (Å²) in [4.78, 5) is 0.109. The highest BCUT2D eigenvalue weighted by Crippen LogP contribution is 2.39. The third-order valence-electron chi connectivity index (χ3n) is 4.26. The first-order valence-electron chi connectivity index (χ1n) is 7.67. The Morgan fingerprint density at radius 3 is 2.70 bits per heavy atom. The van der Waals surface area contributed by atoms with Crippen LogP contribution in [-0.4, -0.2) is 24.4 Å². The van der Waals surface area contributed by atoms with Gasteiger partial charge in [0.05, 0.1) is 16.6 Å². The van der Waals surface area contributed by atoms with Crippen molar-refractivity contribution in [1.82, 2.24) is 9.46 Å². The predicted molar refractivity (Wildman–Crippen MR) is 82.9 cm³/mol. The highest BCUT2D eigenvalue weighted by Gasteiger charge is 2.39. The lowest BCUT2D eigenvalue weighted by atomic mass is 10.0. The highest BCUT2D eigenvalue weighted by molar-refractivity contribution is 7.89. The molecular formula is C16H19FN2O3S. The van der Waals surface area contributed by atoms with Gasteiger partial charge in [-0.05, 0) is 44.0 Å². The second-order valence-corrected chi connectivity index (χ2v) is 7.58. The minimum absolute atomic E-state index is 0.109. The molecule has 0 spiro atoms. The van der Waals surface area contributed by atoms with Gasteiger partial charge >= 0.3 is 0 Å². The van der Waals surface area contributed by atoms with Crippen molar-refractivity contribution in [3.8, 4) is 0 Å². The second-order valence-electron chi connectivity index (χ2n) is 5.69. The summed E-state index contributed by atoms with van der Waals surface area (Å²) in [7, 11) is -3.68. The molecule has 1 atom stereocenters. The molecule has 2 heterocycles. The van der Waals surface area contributed by atoms with Gasteiger partial charge in [0.15, 0.2) is 0 Å². The van der Waals surface area contributed by atoms with Gasteiger partial charge in [-0.1, -0.05) is 12.1 Å². The van der Waals surface area contributed by atoms with Crippen molar-refractivity contribution < 1.29 is 17.3 Å². The summed E-state index contributed by atoms with van der Waals surface area (Å²) in [5, 5.41) is 3.99. The zero-order valence-electron chi connectivity index (χ0n) is 13.1. The van der Waals surface area contributed by atoms with E-state index in [0.29, 0.717) is 13.0 Å². The van der Waals surface area contributed by atoms with E-state index in [2.05, 4.69) is 5.16 Å². The number of hydrogen-bond acceptors (Lipinski definition) is 4. The maximum absolute atomic E-state index is 13.1. The topological polar surface area (TPSA) is 63.4 Å². The molecule has 1 aromatic heterocycles. The minimum Gasteiger partial charge on any atom is -0.361 e. The lowest BCUT2D eigenvalue weighted by Gasteiger charge is -2.24. The molecule has 5 nitrogen and oxygen atoms in total. The number of aryl methyl sites for hydroxylation is 2. The van der Waals surface area contributed by atoms with Gasteiger partial charge in [-0.2, -0.15) is 4.31 Å². The van der Waals surface area contributed by atoms with Gasteiger partial charge in [0.25, 0.3) is 0 Å². The van der Waals surface area contributed by atoms with E-state index in [0.717, 1.165) is 29.9 Å². The van der Waals surface area contributed by atoms with Gasteiger partial charge in [-0.15, -0.1) is 0 Å². The Labute approximate surface area is 135 Å². The number of benzene rings is 1. The maximum atomic E-state index is 13.1. The monoisotopic (exact) mass is 338 g/mol. The fourth-order valence-electron chi connectivity index (χ4n) is 3.16. The Morgan fingerprint density at radius 2 is 2.04 bits per heavy atom. The average Bonchev–Trinajstić information content (AvgIpc) is 3.13. The quantitative estimate of drug-likeness (QED) is 0.859. The van der Waals surface area contributed by atoms with Crippen molar-refractivity contribution in [1.29, 1.82) is 0 Å². The van der Waals surface area contributed by atoms with Crippen LogP contribution in [0.1, 0.15) is 42.8 Å². The van der Waals surface area contributed by atoms with Crippen molar-refractivity contribution in [2.45, 2.75) is 44.0 Å². The van der Waals surface area contributed by atoms with Crippen LogP contribution in [0, 0.1) is 12.7 Å². The fourth-order valence-corrected chi connectivity index (χ4v) is 4.83. The molecule has 23 heavy (non-hydrogen) atoms. The van der Waals surface area contributed by atoms with E-state index in [1.165, 1.54) is 28.6 Å². The van der Waals surface area contributed by atoms with Gasteiger partial charge in [0.1, 0.15) is 11.6 Å². The Bertz CT molecular complexity index is 799. The summed E-state index contributed by atoms with van der Waals surface area (Å²) in [6.07, 6.45) is 2.17. The van der Waals surface area contributed by atoms with E-state index in [9.17, 15) is 12.8 Å². The highest BCUT2D eigenvalue weighted by atomic mass is 32.2. The number of halogens is 1. The molecule has 124 valence electrons. The minimum atomic E-state index is -3.68. The zero-order chi connectivity index (χ0) is 16.6. The van der Waals surface area contributed by atoms with Gasteiger partial charge in [-0.3, -0.25) is 0 Å². The zero-order valence-corrected chi connectivity index (χ0v) is 13.9. The van der Waals surface area contributed by atoms with Crippen LogP contribution in [0.5, 0.6) is 0 Å². The largest absolute Gasteiger partial charge is 0.361 e. The number of hydrogen-bond donors (Lipinski definition) is 0. The van der Waals surface area contributed by atoms with Crippen LogP contribution in [0.25, 0.3) is 0 Å². The first-order chi connectivity index (χ1) is 10.9. The van der Waals surface area contributed by atoms with Crippen LogP contribution in [-0.2, 0) is 16.4 Å². The van der Waals surface area contributed by atoms with E-state index < -0.39 is 15.8 Å². The summed E-state index contributed by atoms with van der Waals surface area (Å²) in [6, 6.07) is 4.68. The molecule has 3 rings (SSSR count). The maximum Gasteiger partial charge on any atom is 0.243 e. The molecule has 0 amide bonds. The van der Waals surface area contributed by atoms with Crippen molar-refractivity contribution in [3.63, 3.8) is 0 Å². The van der Waals surface area contributed by atoms with Crippen molar-refractivity contribution in [3.05, 3.63) is 47.1 Å². The first kappa shape index (κ1) is 16.1. The van der Waals surface area contributed by atoms with Crippen LogP contribution < -0.4 is 0 Å². The molecular weight excluding hydrogens is 319 g/mol. The lowest BCUT2D eigenvalue weighted by Crippen LogP contribution is -2.31. The van der Waals surface area contributed by atoms with E-state index in [4.69, 9.17) is 4.52 Å². The number of nitrogens with zero attached hydrogens (tertiary/aromatic N) is 2. The normalized spacial score (nSPS) is 19.3. The molecule has 0 radical (unpaired) electrons. The summed E-state index contributed by atoms with van der Waals surface area (Å²) in [5.41, 5.74) is 1.60. The van der Waals surface area contributed by atoms with Gasteiger partial charge in [0.2, 0.25) is 10.0 Å². The third kappa shape index (κ3) is 2.79. The molecule has 1 aliphatic heterocycles.